The summed E-state index contributed by atoms with van der Waals surface area (Å²) in [6.07, 6.45) is 9.57. The van der Waals surface area contributed by atoms with Gasteiger partial charge in [-0.25, -0.2) is 9.97 Å². The van der Waals surface area contributed by atoms with Crippen molar-refractivity contribution in [2.24, 2.45) is 5.41 Å². The molecule has 1 aliphatic carbocycles. The van der Waals surface area contributed by atoms with Crippen molar-refractivity contribution in [1.29, 1.82) is 0 Å². The van der Waals surface area contributed by atoms with E-state index in [0.717, 1.165) is 37.3 Å². The van der Waals surface area contributed by atoms with E-state index in [1.807, 2.05) is 18.3 Å². The van der Waals surface area contributed by atoms with Gasteiger partial charge in [0.25, 0.3) is 0 Å². The van der Waals surface area contributed by atoms with Gasteiger partial charge >= 0.3 is 0 Å². The van der Waals surface area contributed by atoms with Gasteiger partial charge < -0.3 is 4.90 Å². The average Bonchev–Trinajstić information content (AvgIpc) is 3.04. The maximum Gasteiger partial charge on any atom is 0.163 e. The zero-order valence-corrected chi connectivity index (χ0v) is 14.0. The van der Waals surface area contributed by atoms with Crippen molar-refractivity contribution in [3.8, 4) is 11.4 Å². The van der Waals surface area contributed by atoms with Gasteiger partial charge in [0.1, 0.15) is 5.82 Å². The van der Waals surface area contributed by atoms with Crippen LogP contribution in [0.25, 0.3) is 11.4 Å². The second kappa shape index (κ2) is 5.59. The summed E-state index contributed by atoms with van der Waals surface area (Å²) in [5.74, 6) is 2.02. The van der Waals surface area contributed by atoms with E-state index in [4.69, 9.17) is 9.97 Å². The molecule has 2 aliphatic rings. The van der Waals surface area contributed by atoms with Crippen molar-refractivity contribution < 1.29 is 0 Å². The molecule has 0 spiro atoms. The topological polar surface area (TPSA) is 41.9 Å². The lowest BCUT2D eigenvalue weighted by molar-refractivity contribution is 0.193. The number of hydrogen-bond donors (Lipinski definition) is 0. The second-order valence-electron chi connectivity index (χ2n) is 6.95. The van der Waals surface area contributed by atoms with Crippen molar-refractivity contribution in [3.05, 3.63) is 35.8 Å². The quantitative estimate of drug-likeness (QED) is 0.864. The number of nitrogens with zero attached hydrogens (tertiary/aromatic N) is 4. The highest BCUT2D eigenvalue weighted by atomic mass is 15.3. The summed E-state index contributed by atoms with van der Waals surface area (Å²) in [4.78, 5) is 16.5. The Labute approximate surface area is 138 Å². The van der Waals surface area contributed by atoms with Crippen LogP contribution < -0.4 is 4.90 Å². The van der Waals surface area contributed by atoms with E-state index in [0.29, 0.717) is 5.41 Å². The predicted molar refractivity (Wildman–Crippen MR) is 92.5 cm³/mol. The van der Waals surface area contributed by atoms with Gasteiger partial charge in [0, 0.05) is 47.7 Å². The molecule has 4 heteroatoms. The van der Waals surface area contributed by atoms with Gasteiger partial charge in [-0.2, -0.15) is 0 Å². The molecule has 0 radical (unpaired) electrons. The third-order valence-corrected chi connectivity index (χ3v) is 5.68. The lowest BCUT2D eigenvalue weighted by atomic mass is 9.75. The fourth-order valence-corrected chi connectivity index (χ4v) is 3.91. The number of anilines is 1. The van der Waals surface area contributed by atoms with Crippen LogP contribution in [0.3, 0.4) is 0 Å². The largest absolute Gasteiger partial charge is 0.355 e. The van der Waals surface area contributed by atoms with Crippen LogP contribution in [0, 0.1) is 5.41 Å². The fourth-order valence-electron chi connectivity index (χ4n) is 3.91. The Morgan fingerprint density at radius 2 is 1.96 bits per heavy atom. The number of rotatable bonds is 4. The summed E-state index contributed by atoms with van der Waals surface area (Å²) in [6.45, 7) is 6.89. The van der Waals surface area contributed by atoms with E-state index in [9.17, 15) is 0 Å². The molecule has 23 heavy (non-hydrogen) atoms. The molecule has 2 aromatic heterocycles. The Morgan fingerprint density at radius 1 is 1.13 bits per heavy atom. The van der Waals surface area contributed by atoms with Gasteiger partial charge in [0.05, 0.1) is 0 Å². The van der Waals surface area contributed by atoms with Crippen molar-refractivity contribution in [2.75, 3.05) is 18.0 Å². The Kier molecular flexibility index (Phi) is 3.55. The monoisotopic (exact) mass is 308 g/mol. The fraction of sp³-hybridized carbons (Fsp3) is 0.526. The standard InChI is InChI=1S/C19H24N4/c1-3-19(4-2)12-23(13-19)18-15-8-5-9-16(15)21-17(22-18)14-7-6-10-20-11-14/h6-7,10-11H,3-5,8-9,12-13H2,1-2H3. The molecular weight excluding hydrogens is 284 g/mol. The minimum absolute atomic E-state index is 0.491. The number of aromatic nitrogens is 3. The molecule has 0 unspecified atom stereocenters. The van der Waals surface area contributed by atoms with Crippen LogP contribution in [-0.2, 0) is 12.8 Å². The molecule has 3 heterocycles. The van der Waals surface area contributed by atoms with Gasteiger partial charge in [-0.05, 0) is 44.2 Å². The van der Waals surface area contributed by atoms with Crippen LogP contribution in [0.2, 0.25) is 0 Å². The molecule has 120 valence electrons. The van der Waals surface area contributed by atoms with E-state index < -0.39 is 0 Å². The molecule has 0 amide bonds. The summed E-state index contributed by atoms with van der Waals surface area (Å²) in [5.41, 5.74) is 4.14. The summed E-state index contributed by atoms with van der Waals surface area (Å²) in [7, 11) is 0. The zero-order chi connectivity index (χ0) is 15.9. The van der Waals surface area contributed by atoms with E-state index >= 15 is 0 Å². The molecule has 0 bridgehead atoms. The van der Waals surface area contributed by atoms with Gasteiger partial charge in [-0.1, -0.05) is 13.8 Å². The Morgan fingerprint density at radius 3 is 2.65 bits per heavy atom. The minimum Gasteiger partial charge on any atom is -0.355 e. The van der Waals surface area contributed by atoms with E-state index in [2.05, 4.69) is 23.7 Å². The Bertz CT molecular complexity index is 699. The molecule has 1 aliphatic heterocycles. The maximum atomic E-state index is 4.95. The lowest BCUT2D eigenvalue weighted by Crippen LogP contribution is -2.56. The first-order valence-corrected chi connectivity index (χ1v) is 8.80. The van der Waals surface area contributed by atoms with E-state index in [1.54, 1.807) is 6.20 Å². The molecule has 1 fully saturated rings. The van der Waals surface area contributed by atoms with Crippen LogP contribution >= 0.6 is 0 Å². The van der Waals surface area contributed by atoms with Gasteiger partial charge in [0.15, 0.2) is 5.82 Å². The second-order valence-corrected chi connectivity index (χ2v) is 6.95. The van der Waals surface area contributed by atoms with Gasteiger partial charge in [-0.3, -0.25) is 4.98 Å². The number of hydrogen-bond acceptors (Lipinski definition) is 4. The zero-order valence-electron chi connectivity index (χ0n) is 14.0. The maximum absolute atomic E-state index is 4.95. The van der Waals surface area contributed by atoms with Crippen LogP contribution in [0.15, 0.2) is 24.5 Å². The highest BCUT2D eigenvalue weighted by Crippen LogP contribution is 2.42. The minimum atomic E-state index is 0.491. The molecule has 2 aromatic rings. The van der Waals surface area contributed by atoms with Crippen molar-refractivity contribution in [1.82, 2.24) is 15.0 Å². The summed E-state index contributed by atoms with van der Waals surface area (Å²) < 4.78 is 0. The highest BCUT2D eigenvalue weighted by molar-refractivity contribution is 5.61. The molecule has 1 saturated heterocycles. The first-order chi connectivity index (χ1) is 11.2. The number of pyridine rings is 1. The Hall–Kier alpha value is -1.97. The summed E-state index contributed by atoms with van der Waals surface area (Å²) in [6, 6.07) is 4.00. The first kappa shape index (κ1) is 14.6. The predicted octanol–water partition coefficient (Wildman–Crippen LogP) is 3.65. The van der Waals surface area contributed by atoms with Gasteiger partial charge in [0.2, 0.25) is 0 Å². The third-order valence-electron chi connectivity index (χ3n) is 5.68. The molecular formula is C19H24N4. The molecule has 0 atom stereocenters. The number of aryl methyl sites for hydroxylation is 1. The first-order valence-electron chi connectivity index (χ1n) is 8.80. The molecule has 0 N–H and O–H groups in total. The SMILES string of the molecule is CCC1(CC)CN(c2nc(-c3cccnc3)nc3c2CCC3)C1. The van der Waals surface area contributed by atoms with Crippen molar-refractivity contribution >= 4 is 5.82 Å². The summed E-state index contributed by atoms with van der Waals surface area (Å²) >= 11 is 0. The van der Waals surface area contributed by atoms with E-state index in [1.165, 1.54) is 36.3 Å². The van der Waals surface area contributed by atoms with Gasteiger partial charge in [-0.15, -0.1) is 0 Å². The molecule has 0 aromatic carbocycles. The third kappa shape index (κ3) is 2.41. The molecule has 0 saturated carbocycles. The van der Waals surface area contributed by atoms with Crippen LogP contribution in [-0.4, -0.2) is 28.0 Å². The summed E-state index contributed by atoms with van der Waals surface area (Å²) in [5, 5.41) is 0. The normalized spacial score (nSPS) is 18.6. The molecule has 4 rings (SSSR count). The number of fused-ring (bicyclic) bond motifs is 1. The molecule has 4 nitrogen and oxygen atoms in total. The lowest BCUT2D eigenvalue weighted by Gasteiger charge is -2.51. The highest BCUT2D eigenvalue weighted by Gasteiger charge is 2.41. The smallest absolute Gasteiger partial charge is 0.163 e. The van der Waals surface area contributed by atoms with Crippen molar-refractivity contribution in [2.45, 2.75) is 46.0 Å². The van der Waals surface area contributed by atoms with Crippen molar-refractivity contribution in [3.63, 3.8) is 0 Å². The average molecular weight is 308 g/mol. The van der Waals surface area contributed by atoms with E-state index in [-0.39, 0.29) is 0 Å². The Balaban J connectivity index is 1.71. The van der Waals surface area contributed by atoms with Crippen LogP contribution in [0.5, 0.6) is 0 Å². The van der Waals surface area contributed by atoms with Crippen LogP contribution in [0.4, 0.5) is 5.82 Å². The van der Waals surface area contributed by atoms with Crippen LogP contribution in [0.1, 0.15) is 44.4 Å².